The Kier molecular flexibility index (Phi) is 10.4. The molecule has 0 unspecified atom stereocenters. The molecule has 0 aromatic heterocycles. The van der Waals surface area contributed by atoms with Gasteiger partial charge in [-0.25, -0.2) is 0 Å². The van der Waals surface area contributed by atoms with Gasteiger partial charge in [0.2, 0.25) is 0 Å². The highest BCUT2D eigenvalue weighted by Crippen LogP contribution is 2.26. The van der Waals surface area contributed by atoms with Gasteiger partial charge in [-0.15, -0.1) is 0 Å². The smallest absolute Gasteiger partial charge is 0.134 e. The van der Waals surface area contributed by atoms with E-state index in [2.05, 4.69) is 47.1 Å². The van der Waals surface area contributed by atoms with Gasteiger partial charge in [-0.2, -0.15) is 0 Å². The number of ether oxygens (including phenoxy) is 2. The molecule has 0 bridgehead atoms. The Morgan fingerprint density at radius 2 is 1.17 bits per heavy atom. The van der Waals surface area contributed by atoms with Gasteiger partial charge >= 0.3 is 0 Å². The fourth-order valence-corrected chi connectivity index (χ4v) is 4.13. The van der Waals surface area contributed by atoms with E-state index in [-0.39, 0.29) is 6.10 Å². The minimum absolute atomic E-state index is 0.360. The normalized spacial score (nSPS) is 11.2. The van der Waals surface area contributed by atoms with Crippen molar-refractivity contribution in [3.05, 3.63) is 129 Å². The summed E-state index contributed by atoms with van der Waals surface area (Å²) in [6, 6.07) is 32.4. The largest absolute Gasteiger partial charge is 0.489 e. The lowest BCUT2D eigenvalue weighted by atomic mass is 10.0. The zero-order chi connectivity index (χ0) is 25.0. The number of aliphatic hydroxyl groups is 1. The Labute approximate surface area is 217 Å². The molecule has 4 aromatic rings. The van der Waals surface area contributed by atoms with Crippen molar-refractivity contribution < 1.29 is 14.6 Å². The van der Waals surface area contributed by atoms with Gasteiger partial charge in [-0.05, 0) is 77.2 Å². The summed E-state index contributed by atoms with van der Waals surface area (Å²) >= 11 is 3.50. The van der Waals surface area contributed by atoms with E-state index in [0.717, 1.165) is 27.1 Å². The molecule has 0 radical (unpaired) electrons. The molecule has 0 saturated carbocycles. The molecular weight excluding hydrogens is 500 g/mol. The molecule has 4 aromatic carbocycles. The molecule has 0 aliphatic carbocycles. The van der Waals surface area contributed by atoms with E-state index in [9.17, 15) is 5.11 Å². The predicted molar refractivity (Wildman–Crippen MR) is 147 cm³/mol. The van der Waals surface area contributed by atoms with E-state index < -0.39 is 0 Å². The minimum atomic E-state index is -0.360. The third kappa shape index (κ3) is 9.23. The Morgan fingerprint density at radius 3 is 1.69 bits per heavy atom. The highest BCUT2D eigenvalue weighted by molar-refractivity contribution is 9.10. The van der Waals surface area contributed by atoms with Gasteiger partial charge in [0.1, 0.15) is 24.7 Å². The van der Waals surface area contributed by atoms with E-state index in [1.807, 2.05) is 79.7 Å². The second kappa shape index (κ2) is 13.7. The average Bonchev–Trinajstić information content (AvgIpc) is 2.84. The summed E-state index contributed by atoms with van der Waals surface area (Å²) in [6.45, 7) is 7.06. The van der Waals surface area contributed by atoms with Crippen molar-refractivity contribution in [1.29, 1.82) is 0 Å². The van der Waals surface area contributed by atoms with Gasteiger partial charge in [0.15, 0.2) is 0 Å². The third-order valence-corrected chi connectivity index (χ3v) is 5.91. The van der Waals surface area contributed by atoms with Crippen LogP contribution in [0.25, 0.3) is 0 Å². The van der Waals surface area contributed by atoms with Crippen molar-refractivity contribution in [2.45, 2.75) is 46.5 Å². The van der Waals surface area contributed by atoms with Crippen LogP contribution in [0.3, 0.4) is 0 Å². The monoisotopic (exact) mass is 532 g/mol. The molecule has 4 rings (SSSR count). The Balaban J connectivity index is 0.000000198. The molecule has 0 aliphatic rings. The van der Waals surface area contributed by atoms with Crippen LogP contribution in [0.5, 0.6) is 11.5 Å². The highest BCUT2D eigenvalue weighted by atomic mass is 79.9. The van der Waals surface area contributed by atoms with Crippen LogP contribution in [0.2, 0.25) is 0 Å². The molecule has 0 heterocycles. The SMILES string of the molecule is Cc1ccc(OCc2ccccc2)c(Br)c1.Cc1ccc(OCc2ccccc2)c(C[C@H](C)O)c1. The minimum Gasteiger partial charge on any atom is -0.489 e. The van der Waals surface area contributed by atoms with Crippen LogP contribution >= 0.6 is 15.9 Å². The summed E-state index contributed by atoms with van der Waals surface area (Å²) in [4.78, 5) is 0. The molecule has 35 heavy (non-hydrogen) atoms. The third-order valence-electron chi connectivity index (χ3n) is 5.29. The van der Waals surface area contributed by atoms with Crippen LogP contribution in [0.4, 0.5) is 0 Å². The molecule has 3 nitrogen and oxygen atoms in total. The Hall–Kier alpha value is -3.08. The standard InChI is InChI=1S/C17H20O2.C14H13BrO/c1-13-8-9-17(16(10-13)11-14(2)18)19-12-15-6-4-3-5-7-15;1-11-7-8-14(13(15)9-11)16-10-12-5-3-2-4-6-12/h3-10,14,18H,11-12H2,1-2H3;2-9H,10H2,1H3/t14-;/m0./s1. The summed E-state index contributed by atoms with van der Waals surface area (Å²) in [5, 5.41) is 9.55. The molecule has 1 N–H and O–H groups in total. The number of hydrogen-bond donors (Lipinski definition) is 1. The topological polar surface area (TPSA) is 38.7 Å². The van der Waals surface area contributed by atoms with Gasteiger partial charge in [0.05, 0.1) is 10.6 Å². The number of aryl methyl sites for hydroxylation is 2. The van der Waals surface area contributed by atoms with Gasteiger partial charge in [0.25, 0.3) is 0 Å². The lowest BCUT2D eigenvalue weighted by Gasteiger charge is -2.13. The van der Waals surface area contributed by atoms with E-state index in [1.165, 1.54) is 16.7 Å². The fourth-order valence-electron chi connectivity index (χ4n) is 3.52. The van der Waals surface area contributed by atoms with Crippen molar-refractivity contribution in [2.24, 2.45) is 0 Å². The maximum Gasteiger partial charge on any atom is 0.134 e. The van der Waals surface area contributed by atoms with Crippen LogP contribution in [0.15, 0.2) is 102 Å². The number of rotatable bonds is 8. The molecule has 0 amide bonds. The molecule has 0 fully saturated rings. The van der Waals surface area contributed by atoms with Crippen molar-refractivity contribution in [1.82, 2.24) is 0 Å². The van der Waals surface area contributed by atoms with Gasteiger partial charge in [-0.1, -0.05) is 84.4 Å². The molecule has 0 aliphatic heterocycles. The summed E-state index contributed by atoms with van der Waals surface area (Å²) < 4.78 is 12.6. The van der Waals surface area contributed by atoms with E-state index in [0.29, 0.717) is 19.6 Å². The molecular formula is C31H33BrO3. The quantitative estimate of drug-likeness (QED) is 0.251. The van der Waals surface area contributed by atoms with Crippen molar-refractivity contribution >= 4 is 15.9 Å². The molecule has 4 heteroatoms. The zero-order valence-electron chi connectivity index (χ0n) is 20.6. The molecule has 182 valence electrons. The van der Waals surface area contributed by atoms with Crippen LogP contribution in [0, 0.1) is 13.8 Å². The van der Waals surface area contributed by atoms with Crippen LogP contribution in [-0.2, 0) is 19.6 Å². The predicted octanol–water partition coefficient (Wildman–Crippen LogP) is 7.83. The van der Waals surface area contributed by atoms with Crippen LogP contribution < -0.4 is 9.47 Å². The summed E-state index contributed by atoms with van der Waals surface area (Å²) in [5.74, 6) is 1.74. The van der Waals surface area contributed by atoms with Crippen molar-refractivity contribution in [2.75, 3.05) is 0 Å². The highest BCUT2D eigenvalue weighted by Gasteiger charge is 2.07. The number of halogens is 1. The van der Waals surface area contributed by atoms with Gasteiger partial charge < -0.3 is 14.6 Å². The maximum atomic E-state index is 9.55. The fraction of sp³-hybridized carbons (Fsp3) is 0.226. The second-order valence-corrected chi connectivity index (χ2v) is 9.50. The van der Waals surface area contributed by atoms with Crippen molar-refractivity contribution in [3.63, 3.8) is 0 Å². The molecule has 0 saturated heterocycles. The lowest BCUT2D eigenvalue weighted by molar-refractivity contribution is 0.193. The number of benzene rings is 4. The number of aliphatic hydroxyl groups excluding tert-OH is 1. The summed E-state index contributed by atoms with van der Waals surface area (Å²) in [7, 11) is 0. The average molecular weight is 534 g/mol. The Bertz CT molecular complexity index is 1170. The summed E-state index contributed by atoms with van der Waals surface area (Å²) in [5.41, 5.74) is 5.79. The van der Waals surface area contributed by atoms with Crippen molar-refractivity contribution in [3.8, 4) is 11.5 Å². The van der Waals surface area contributed by atoms with Crippen LogP contribution in [-0.4, -0.2) is 11.2 Å². The first-order valence-electron chi connectivity index (χ1n) is 11.8. The van der Waals surface area contributed by atoms with E-state index >= 15 is 0 Å². The van der Waals surface area contributed by atoms with Gasteiger partial charge in [-0.3, -0.25) is 0 Å². The first-order valence-corrected chi connectivity index (χ1v) is 12.6. The van der Waals surface area contributed by atoms with E-state index in [4.69, 9.17) is 9.47 Å². The lowest BCUT2D eigenvalue weighted by Crippen LogP contribution is -2.07. The number of hydrogen-bond acceptors (Lipinski definition) is 3. The molecule has 0 spiro atoms. The van der Waals surface area contributed by atoms with E-state index in [1.54, 1.807) is 6.92 Å². The first kappa shape index (κ1) is 26.5. The first-order chi connectivity index (χ1) is 16.9. The zero-order valence-corrected chi connectivity index (χ0v) is 22.2. The second-order valence-electron chi connectivity index (χ2n) is 8.65. The summed E-state index contributed by atoms with van der Waals surface area (Å²) in [6.07, 6.45) is 0.257. The van der Waals surface area contributed by atoms with Crippen LogP contribution in [0.1, 0.15) is 34.7 Å². The molecule has 1 atom stereocenters. The van der Waals surface area contributed by atoms with Gasteiger partial charge in [0, 0.05) is 6.42 Å². The maximum absolute atomic E-state index is 9.55. The Morgan fingerprint density at radius 1 is 0.686 bits per heavy atom.